The lowest BCUT2D eigenvalue weighted by molar-refractivity contribution is -0.386. The number of ether oxygens (including phenoxy) is 1. The third kappa shape index (κ3) is 4.84. The van der Waals surface area contributed by atoms with Gasteiger partial charge >= 0.3 is 5.69 Å². The lowest BCUT2D eigenvalue weighted by Gasteiger charge is -2.19. The van der Waals surface area contributed by atoms with Crippen molar-refractivity contribution in [3.05, 3.63) is 68.2 Å². The number of rotatable bonds is 6. The van der Waals surface area contributed by atoms with Crippen LogP contribution in [-0.4, -0.2) is 16.9 Å². The van der Waals surface area contributed by atoms with Gasteiger partial charge in [0.25, 0.3) is 5.91 Å². The SMILES string of the molecule is C[C@H](NC(=O)[C@@H](C)Oc1ccccc1[N+](=O)[O-])c1ccc(Cl)cc1Cl. The van der Waals surface area contributed by atoms with Crippen molar-refractivity contribution in [2.45, 2.75) is 26.0 Å². The van der Waals surface area contributed by atoms with E-state index in [0.29, 0.717) is 15.6 Å². The molecule has 2 rings (SSSR count). The van der Waals surface area contributed by atoms with E-state index >= 15 is 0 Å². The number of carbonyl (C=O) groups is 1. The van der Waals surface area contributed by atoms with Crippen molar-refractivity contribution in [1.82, 2.24) is 5.32 Å². The monoisotopic (exact) mass is 382 g/mol. The molecule has 0 heterocycles. The molecular formula is C17H16Cl2N2O4. The van der Waals surface area contributed by atoms with E-state index in [9.17, 15) is 14.9 Å². The van der Waals surface area contributed by atoms with Gasteiger partial charge in [-0.3, -0.25) is 14.9 Å². The van der Waals surface area contributed by atoms with Gasteiger partial charge in [0.2, 0.25) is 0 Å². The molecule has 2 aromatic rings. The highest BCUT2D eigenvalue weighted by atomic mass is 35.5. The molecule has 0 spiro atoms. The Morgan fingerprint density at radius 1 is 1.20 bits per heavy atom. The van der Waals surface area contributed by atoms with Crippen LogP contribution in [0.2, 0.25) is 10.0 Å². The predicted molar refractivity (Wildman–Crippen MR) is 96.2 cm³/mol. The standard InChI is InChI=1S/C17H16Cl2N2O4/c1-10(13-8-7-12(18)9-14(13)19)20-17(22)11(2)25-16-6-4-3-5-15(16)21(23)24/h3-11H,1-2H3,(H,20,22)/t10-,11+/m0/s1. The lowest BCUT2D eigenvalue weighted by atomic mass is 10.1. The molecule has 0 aliphatic heterocycles. The molecule has 2 atom stereocenters. The van der Waals surface area contributed by atoms with Gasteiger partial charge < -0.3 is 10.1 Å². The van der Waals surface area contributed by atoms with E-state index in [1.807, 2.05) is 0 Å². The minimum Gasteiger partial charge on any atom is -0.474 e. The van der Waals surface area contributed by atoms with Crippen molar-refractivity contribution >= 4 is 34.8 Å². The molecule has 1 amide bonds. The third-order valence-corrected chi connectivity index (χ3v) is 4.09. The van der Waals surface area contributed by atoms with Gasteiger partial charge in [-0.2, -0.15) is 0 Å². The van der Waals surface area contributed by atoms with Crippen LogP contribution in [-0.2, 0) is 4.79 Å². The molecule has 0 saturated heterocycles. The number of amides is 1. The second-order valence-electron chi connectivity index (χ2n) is 5.38. The normalized spacial score (nSPS) is 13.0. The Labute approximate surface area is 154 Å². The number of para-hydroxylation sites is 2. The zero-order chi connectivity index (χ0) is 18.6. The second kappa shape index (κ2) is 8.18. The van der Waals surface area contributed by atoms with E-state index in [1.54, 1.807) is 31.2 Å². The van der Waals surface area contributed by atoms with Crippen molar-refractivity contribution in [3.8, 4) is 5.75 Å². The van der Waals surface area contributed by atoms with E-state index < -0.39 is 16.9 Å². The van der Waals surface area contributed by atoms with Crippen LogP contribution in [0.4, 0.5) is 5.69 Å². The highest BCUT2D eigenvalue weighted by Crippen LogP contribution is 2.28. The Balaban J connectivity index is 2.06. The molecule has 0 fully saturated rings. The minimum absolute atomic E-state index is 0.0346. The molecule has 0 radical (unpaired) electrons. The Kier molecular flexibility index (Phi) is 6.22. The summed E-state index contributed by atoms with van der Waals surface area (Å²) in [5.74, 6) is -0.385. The van der Waals surface area contributed by atoms with E-state index in [4.69, 9.17) is 27.9 Å². The summed E-state index contributed by atoms with van der Waals surface area (Å²) in [6.07, 6.45) is -0.922. The third-order valence-electron chi connectivity index (χ3n) is 3.52. The first-order chi connectivity index (χ1) is 11.8. The van der Waals surface area contributed by atoms with Gasteiger partial charge in [0.1, 0.15) is 0 Å². The summed E-state index contributed by atoms with van der Waals surface area (Å²) in [7, 11) is 0. The molecule has 1 N–H and O–H groups in total. The van der Waals surface area contributed by atoms with Gasteiger partial charge in [-0.1, -0.05) is 41.4 Å². The second-order valence-corrected chi connectivity index (χ2v) is 6.22. The van der Waals surface area contributed by atoms with Crippen LogP contribution in [0.3, 0.4) is 0 Å². The number of nitrogens with one attached hydrogen (secondary N) is 1. The molecule has 132 valence electrons. The van der Waals surface area contributed by atoms with Crippen LogP contribution >= 0.6 is 23.2 Å². The van der Waals surface area contributed by atoms with Gasteiger partial charge in [0.15, 0.2) is 11.9 Å². The Morgan fingerprint density at radius 2 is 1.88 bits per heavy atom. The number of benzene rings is 2. The molecule has 6 nitrogen and oxygen atoms in total. The highest BCUT2D eigenvalue weighted by Gasteiger charge is 2.22. The number of hydrogen-bond donors (Lipinski definition) is 1. The van der Waals surface area contributed by atoms with Gasteiger partial charge in [-0.15, -0.1) is 0 Å². The Bertz CT molecular complexity index is 798. The molecule has 25 heavy (non-hydrogen) atoms. The van der Waals surface area contributed by atoms with Crippen molar-refractivity contribution in [2.75, 3.05) is 0 Å². The van der Waals surface area contributed by atoms with Crippen molar-refractivity contribution in [2.24, 2.45) is 0 Å². The zero-order valence-corrected chi connectivity index (χ0v) is 15.0. The van der Waals surface area contributed by atoms with Crippen LogP contribution in [0, 0.1) is 10.1 Å². The Morgan fingerprint density at radius 3 is 2.52 bits per heavy atom. The van der Waals surface area contributed by atoms with E-state index in [0.717, 1.165) is 0 Å². The van der Waals surface area contributed by atoms with Crippen LogP contribution in [0.15, 0.2) is 42.5 Å². The van der Waals surface area contributed by atoms with Crippen LogP contribution in [0.25, 0.3) is 0 Å². The van der Waals surface area contributed by atoms with Crippen molar-refractivity contribution in [1.29, 1.82) is 0 Å². The van der Waals surface area contributed by atoms with Crippen LogP contribution in [0.1, 0.15) is 25.5 Å². The fourth-order valence-corrected chi connectivity index (χ4v) is 2.78. The van der Waals surface area contributed by atoms with Gasteiger partial charge in [0, 0.05) is 16.1 Å². The number of halogens is 2. The summed E-state index contributed by atoms with van der Waals surface area (Å²) in [6.45, 7) is 3.28. The maximum absolute atomic E-state index is 12.3. The van der Waals surface area contributed by atoms with Gasteiger partial charge in [-0.25, -0.2) is 0 Å². The number of nitro benzene ring substituents is 1. The van der Waals surface area contributed by atoms with Crippen molar-refractivity contribution in [3.63, 3.8) is 0 Å². The summed E-state index contributed by atoms with van der Waals surface area (Å²) in [5.41, 5.74) is 0.508. The lowest BCUT2D eigenvalue weighted by Crippen LogP contribution is -2.37. The highest BCUT2D eigenvalue weighted by molar-refractivity contribution is 6.35. The maximum Gasteiger partial charge on any atom is 0.310 e. The first-order valence-corrected chi connectivity index (χ1v) is 8.20. The minimum atomic E-state index is -0.922. The van der Waals surface area contributed by atoms with E-state index in [1.165, 1.54) is 25.1 Å². The fraction of sp³-hybridized carbons (Fsp3) is 0.235. The molecule has 2 aromatic carbocycles. The average molecular weight is 383 g/mol. The quantitative estimate of drug-likeness (QED) is 0.586. The first kappa shape index (κ1) is 19.0. The molecule has 0 saturated carbocycles. The maximum atomic E-state index is 12.3. The smallest absolute Gasteiger partial charge is 0.310 e. The molecular weight excluding hydrogens is 367 g/mol. The molecule has 0 unspecified atom stereocenters. The molecule has 0 aliphatic carbocycles. The molecule has 8 heteroatoms. The first-order valence-electron chi connectivity index (χ1n) is 7.45. The topological polar surface area (TPSA) is 81.5 Å². The summed E-state index contributed by atoms with van der Waals surface area (Å²) in [6, 6.07) is 10.5. The van der Waals surface area contributed by atoms with Gasteiger partial charge in [-0.05, 0) is 37.6 Å². The van der Waals surface area contributed by atoms with Crippen LogP contribution in [0.5, 0.6) is 5.75 Å². The fourth-order valence-electron chi connectivity index (χ4n) is 2.21. The summed E-state index contributed by atoms with van der Waals surface area (Å²) < 4.78 is 5.45. The number of hydrogen-bond acceptors (Lipinski definition) is 4. The van der Waals surface area contributed by atoms with Crippen LogP contribution < -0.4 is 10.1 Å². The number of nitrogens with zero attached hydrogens (tertiary/aromatic N) is 1. The zero-order valence-electron chi connectivity index (χ0n) is 13.5. The van der Waals surface area contributed by atoms with E-state index in [-0.39, 0.29) is 17.5 Å². The summed E-state index contributed by atoms with van der Waals surface area (Å²) in [5, 5.41) is 14.7. The van der Waals surface area contributed by atoms with Crippen molar-refractivity contribution < 1.29 is 14.5 Å². The molecule has 0 bridgehead atoms. The van der Waals surface area contributed by atoms with Gasteiger partial charge in [0.05, 0.1) is 11.0 Å². The number of nitro groups is 1. The average Bonchev–Trinajstić information content (AvgIpc) is 2.54. The molecule has 0 aromatic heterocycles. The largest absolute Gasteiger partial charge is 0.474 e. The summed E-state index contributed by atoms with van der Waals surface area (Å²) >= 11 is 12.0. The number of carbonyl (C=O) groups excluding carboxylic acids is 1. The van der Waals surface area contributed by atoms with E-state index in [2.05, 4.69) is 5.32 Å². The summed E-state index contributed by atoms with van der Waals surface area (Å²) in [4.78, 5) is 22.8. The Hall–Kier alpha value is -2.31. The molecule has 0 aliphatic rings. The predicted octanol–water partition coefficient (Wildman–Crippen LogP) is 4.55.